The molecule has 3 aliphatic rings. The molecule has 0 N–H and O–H groups in total. The minimum absolute atomic E-state index is 0.0270. The lowest BCUT2D eigenvalue weighted by molar-refractivity contribution is -0.123. The summed E-state index contributed by atoms with van der Waals surface area (Å²) in [6.07, 6.45) is 1.08. The fourth-order valence-electron chi connectivity index (χ4n) is 6.17. The Hall–Kier alpha value is -3.61. The molecule has 7 rings (SSSR count). The topological polar surface area (TPSA) is 43.9 Å². The molecule has 4 aromatic rings. The van der Waals surface area contributed by atoms with Gasteiger partial charge in [-0.3, -0.25) is 24.3 Å². The van der Waals surface area contributed by atoms with Crippen LogP contribution in [0.4, 0.5) is 11.4 Å². The largest absolute Gasteiger partial charge is 0.295 e. The second kappa shape index (κ2) is 8.75. The second-order valence-electron chi connectivity index (χ2n) is 10.1. The highest BCUT2D eigenvalue weighted by atomic mass is 32.2. The Morgan fingerprint density at radius 1 is 0.838 bits per heavy atom. The number of hydrogen-bond acceptors (Lipinski definition) is 4. The Morgan fingerprint density at radius 2 is 1.59 bits per heavy atom. The van der Waals surface area contributed by atoms with Crippen LogP contribution in [-0.4, -0.2) is 42.2 Å². The molecule has 0 aliphatic carbocycles. The van der Waals surface area contributed by atoms with Crippen molar-refractivity contribution in [3.05, 3.63) is 108 Å². The van der Waals surface area contributed by atoms with Crippen LogP contribution in [0.5, 0.6) is 0 Å². The first kappa shape index (κ1) is 22.6. The minimum atomic E-state index is -1.07. The standard InChI is InChI=1S/C31H27N3O2S/c35-29-20-37-31(34(29)26-15-14-23-10-4-5-11-24(23)18-26)27-12-6-7-13-28(27)33(30(31)36)21-32-17-16-25(19-32)22-8-2-1-3-9-22/h1-15,18,25H,16-17,19-21H2/t25-,31-/m1/s1. The summed E-state index contributed by atoms with van der Waals surface area (Å²) in [6.45, 7) is 2.39. The second-order valence-corrected chi connectivity index (χ2v) is 11.2. The fourth-order valence-corrected chi connectivity index (χ4v) is 7.53. The molecule has 3 heterocycles. The highest BCUT2D eigenvalue weighted by Gasteiger charge is 2.61. The summed E-state index contributed by atoms with van der Waals surface area (Å²) in [6, 6.07) is 32.8. The van der Waals surface area contributed by atoms with Gasteiger partial charge in [-0.25, -0.2) is 0 Å². The third-order valence-electron chi connectivity index (χ3n) is 7.94. The quantitative estimate of drug-likeness (QED) is 0.364. The number of thioether (sulfide) groups is 1. The summed E-state index contributed by atoms with van der Waals surface area (Å²) in [5.74, 6) is 0.691. The number of nitrogens with zero attached hydrogens (tertiary/aromatic N) is 3. The van der Waals surface area contributed by atoms with Crippen molar-refractivity contribution >= 4 is 45.7 Å². The first-order valence-corrected chi connectivity index (χ1v) is 13.8. The molecule has 2 atom stereocenters. The summed E-state index contributed by atoms with van der Waals surface area (Å²) in [5, 5.41) is 2.17. The number of amides is 2. The zero-order chi connectivity index (χ0) is 25.0. The van der Waals surface area contributed by atoms with Crippen LogP contribution in [0, 0.1) is 0 Å². The molecule has 6 heteroatoms. The van der Waals surface area contributed by atoms with Gasteiger partial charge in [0.2, 0.25) is 10.8 Å². The minimum Gasteiger partial charge on any atom is -0.295 e. The Balaban J connectivity index is 1.24. The summed E-state index contributed by atoms with van der Waals surface area (Å²) < 4.78 is 0. The van der Waals surface area contributed by atoms with Crippen LogP contribution in [0.1, 0.15) is 23.5 Å². The number of carbonyl (C=O) groups is 2. The smallest absolute Gasteiger partial charge is 0.269 e. The average Bonchev–Trinajstić information content (AvgIpc) is 3.62. The van der Waals surface area contributed by atoms with Gasteiger partial charge in [0.1, 0.15) is 0 Å². The summed E-state index contributed by atoms with van der Waals surface area (Å²) in [7, 11) is 0. The Morgan fingerprint density at radius 3 is 2.46 bits per heavy atom. The molecule has 1 spiro atoms. The third-order valence-corrected chi connectivity index (χ3v) is 9.33. The molecule has 3 aliphatic heterocycles. The fraction of sp³-hybridized carbons (Fsp3) is 0.226. The number of para-hydroxylation sites is 1. The summed E-state index contributed by atoms with van der Waals surface area (Å²) in [5.41, 5.74) is 3.93. The lowest BCUT2D eigenvalue weighted by atomic mass is 9.99. The molecular formula is C31H27N3O2S. The van der Waals surface area contributed by atoms with Gasteiger partial charge in [0.05, 0.1) is 18.1 Å². The molecule has 0 bridgehead atoms. The van der Waals surface area contributed by atoms with Crippen molar-refractivity contribution < 1.29 is 9.59 Å². The molecule has 0 saturated carbocycles. The highest BCUT2D eigenvalue weighted by molar-refractivity contribution is 8.02. The van der Waals surface area contributed by atoms with Crippen molar-refractivity contribution in [1.29, 1.82) is 0 Å². The maximum Gasteiger partial charge on any atom is 0.269 e. The SMILES string of the molecule is O=C1CS[C@]2(C(=O)N(CN3CC[C@@H](c4ccccc4)C3)c3ccccc32)N1c1ccc2ccccc2c1. The molecule has 0 unspecified atom stereocenters. The van der Waals surface area contributed by atoms with Crippen molar-refractivity contribution in [2.45, 2.75) is 17.2 Å². The van der Waals surface area contributed by atoms with E-state index in [1.54, 1.807) is 4.90 Å². The van der Waals surface area contributed by atoms with E-state index in [0.29, 0.717) is 12.6 Å². The van der Waals surface area contributed by atoms with E-state index in [-0.39, 0.29) is 17.6 Å². The van der Waals surface area contributed by atoms with Gasteiger partial charge in [-0.1, -0.05) is 78.9 Å². The van der Waals surface area contributed by atoms with Crippen LogP contribution < -0.4 is 9.80 Å². The van der Waals surface area contributed by atoms with E-state index < -0.39 is 4.87 Å². The van der Waals surface area contributed by atoms with Crippen LogP contribution in [-0.2, 0) is 14.5 Å². The third kappa shape index (κ3) is 3.50. The molecule has 4 aromatic carbocycles. The van der Waals surface area contributed by atoms with Crippen molar-refractivity contribution in [2.75, 3.05) is 35.3 Å². The lowest BCUT2D eigenvalue weighted by Crippen LogP contribution is -2.51. The van der Waals surface area contributed by atoms with Gasteiger partial charge in [0.15, 0.2) is 0 Å². The zero-order valence-corrected chi connectivity index (χ0v) is 21.2. The first-order chi connectivity index (χ1) is 18.1. The first-order valence-electron chi connectivity index (χ1n) is 12.8. The molecular weight excluding hydrogens is 478 g/mol. The van der Waals surface area contributed by atoms with Crippen LogP contribution in [0.15, 0.2) is 97.1 Å². The number of rotatable bonds is 4. The van der Waals surface area contributed by atoms with Gasteiger partial charge in [0, 0.05) is 24.3 Å². The number of benzene rings is 4. The van der Waals surface area contributed by atoms with Crippen molar-refractivity contribution in [2.24, 2.45) is 0 Å². The number of carbonyl (C=O) groups excluding carboxylic acids is 2. The lowest BCUT2D eigenvalue weighted by Gasteiger charge is -2.34. The van der Waals surface area contributed by atoms with E-state index in [0.717, 1.165) is 47.2 Å². The van der Waals surface area contributed by atoms with Gasteiger partial charge in [-0.15, -0.1) is 11.8 Å². The van der Waals surface area contributed by atoms with Gasteiger partial charge >= 0.3 is 0 Å². The number of hydrogen-bond donors (Lipinski definition) is 0. The molecule has 2 amide bonds. The molecule has 2 saturated heterocycles. The highest BCUT2D eigenvalue weighted by Crippen LogP contribution is 2.56. The average molecular weight is 506 g/mol. The number of fused-ring (bicyclic) bond motifs is 3. The van der Waals surface area contributed by atoms with Crippen LogP contribution in [0.2, 0.25) is 0 Å². The normalized spacial score (nSPS) is 23.5. The maximum atomic E-state index is 14.4. The number of anilines is 2. The summed E-state index contributed by atoms with van der Waals surface area (Å²) in [4.78, 5) is 32.8. The number of likely N-dealkylation sites (tertiary alicyclic amines) is 1. The molecule has 5 nitrogen and oxygen atoms in total. The van der Waals surface area contributed by atoms with Crippen LogP contribution >= 0.6 is 11.8 Å². The van der Waals surface area contributed by atoms with Gasteiger partial charge in [-0.05, 0) is 46.9 Å². The van der Waals surface area contributed by atoms with Gasteiger partial charge in [-0.2, -0.15) is 0 Å². The van der Waals surface area contributed by atoms with E-state index in [1.165, 1.54) is 17.3 Å². The molecule has 37 heavy (non-hydrogen) atoms. The van der Waals surface area contributed by atoms with Crippen molar-refractivity contribution in [3.8, 4) is 0 Å². The van der Waals surface area contributed by atoms with E-state index in [9.17, 15) is 9.59 Å². The Labute approximate surface area is 220 Å². The van der Waals surface area contributed by atoms with Crippen molar-refractivity contribution in [1.82, 2.24) is 4.90 Å². The van der Waals surface area contributed by atoms with E-state index in [1.807, 2.05) is 65.6 Å². The monoisotopic (exact) mass is 505 g/mol. The Kier molecular flexibility index (Phi) is 5.34. The van der Waals surface area contributed by atoms with E-state index in [4.69, 9.17) is 0 Å². The van der Waals surface area contributed by atoms with Crippen LogP contribution in [0.25, 0.3) is 10.8 Å². The molecule has 2 fully saturated rings. The maximum absolute atomic E-state index is 14.4. The zero-order valence-electron chi connectivity index (χ0n) is 20.4. The van der Waals surface area contributed by atoms with E-state index in [2.05, 4.69) is 41.3 Å². The summed E-state index contributed by atoms with van der Waals surface area (Å²) >= 11 is 1.45. The van der Waals surface area contributed by atoms with Gasteiger partial charge in [0.25, 0.3) is 5.91 Å². The van der Waals surface area contributed by atoms with Crippen molar-refractivity contribution in [3.63, 3.8) is 0 Å². The predicted octanol–water partition coefficient (Wildman–Crippen LogP) is 5.57. The van der Waals surface area contributed by atoms with Gasteiger partial charge < -0.3 is 0 Å². The molecule has 0 aromatic heterocycles. The van der Waals surface area contributed by atoms with Crippen LogP contribution in [0.3, 0.4) is 0 Å². The predicted molar refractivity (Wildman–Crippen MR) is 150 cm³/mol. The molecule has 0 radical (unpaired) electrons. The Bertz CT molecular complexity index is 1520. The van der Waals surface area contributed by atoms with E-state index >= 15 is 0 Å². The molecule has 184 valence electrons.